The summed E-state index contributed by atoms with van der Waals surface area (Å²) in [5.74, 6) is 1.01. The van der Waals surface area contributed by atoms with Crippen LogP contribution >= 0.6 is 0 Å². The molecule has 1 saturated heterocycles. The van der Waals surface area contributed by atoms with Crippen molar-refractivity contribution in [1.29, 1.82) is 0 Å². The van der Waals surface area contributed by atoms with Gasteiger partial charge in [0.15, 0.2) is 5.82 Å². The molecule has 0 spiro atoms. The summed E-state index contributed by atoms with van der Waals surface area (Å²) in [5.41, 5.74) is 0.473. The van der Waals surface area contributed by atoms with Crippen molar-refractivity contribution in [3.8, 4) is 0 Å². The minimum absolute atomic E-state index is 0.123. The molecule has 1 aliphatic heterocycles. The first kappa shape index (κ1) is 14.7. The molecule has 0 bridgehead atoms. The Labute approximate surface area is 128 Å². The Kier molecular flexibility index (Phi) is 3.69. The molecule has 118 valence electrons. The minimum Gasteiger partial charge on any atom is -0.363 e. The van der Waals surface area contributed by atoms with Crippen molar-refractivity contribution in [2.45, 2.75) is 32.9 Å². The molecular weight excluding hydrogens is 284 g/mol. The lowest BCUT2D eigenvalue weighted by Crippen LogP contribution is -2.31. The Hall–Kier alpha value is -2.22. The Bertz CT molecular complexity index is 698. The van der Waals surface area contributed by atoms with Gasteiger partial charge in [-0.2, -0.15) is 0 Å². The van der Waals surface area contributed by atoms with E-state index in [0.717, 1.165) is 13.1 Å². The van der Waals surface area contributed by atoms with Gasteiger partial charge in [-0.1, -0.05) is 16.5 Å². The van der Waals surface area contributed by atoms with E-state index >= 15 is 0 Å². The maximum atomic E-state index is 11.0. The molecule has 22 heavy (non-hydrogen) atoms. The number of likely N-dealkylation sites (tertiary alicyclic amines) is 1. The number of aromatic nitrogens is 3. The van der Waals surface area contributed by atoms with Crippen molar-refractivity contribution in [2.24, 2.45) is 5.92 Å². The van der Waals surface area contributed by atoms with E-state index < -0.39 is 4.92 Å². The zero-order chi connectivity index (χ0) is 15.9. The lowest BCUT2D eigenvalue weighted by molar-refractivity contribution is -0.391. The third-order valence-electron chi connectivity index (χ3n) is 4.24. The third kappa shape index (κ3) is 2.61. The monoisotopic (exact) mass is 304 g/mol. The van der Waals surface area contributed by atoms with Gasteiger partial charge in [0.25, 0.3) is 0 Å². The normalized spacial score (nSPS) is 22.5. The van der Waals surface area contributed by atoms with Gasteiger partial charge in [-0.25, -0.2) is 4.98 Å². The van der Waals surface area contributed by atoms with Gasteiger partial charge in [0.1, 0.15) is 6.20 Å². The highest BCUT2D eigenvalue weighted by atomic mass is 16.6. The van der Waals surface area contributed by atoms with E-state index in [2.05, 4.69) is 41.1 Å². The Morgan fingerprint density at radius 2 is 2.18 bits per heavy atom. The van der Waals surface area contributed by atoms with Gasteiger partial charge in [-0.15, -0.1) is 0 Å². The maximum Gasteiger partial charge on any atom is 0.368 e. The van der Waals surface area contributed by atoms with Gasteiger partial charge < -0.3 is 15.4 Å². The first-order chi connectivity index (χ1) is 10.5. The molecule has 2 aromatic rings. The van der Waals surface area contributed by atoms with E-state index in [4.69, 9.17) is 0 Å². The van der Waals surface area contributed by atoms with Crippen molar-refractivity contribution in [3.63, 3.8) is 0 Å². The van der Waals surface area contributed by atoms with Crippen molar-refractivity contribution in [1.82, 2.24) is 19.5 Å². The van der Waals surface area contributed by atoms with Crippen molar-refractivity contribution < 1.29 is 4.92 Å². The van der Waals surface area contributed by atoms with Crippen LogP contribution in [0.2, 0.25) is 0 Å². The van der Waals surface area contributed by atoms with E-state index in [1.165, 1.54) is 10.7 Å². The number of nitrogens with zero attached hydrogens (tertiary/aromatic N) is 5. The van der Waals surface area contributed by atoms with E-state index in [-0.39, 0.29) is 11.9 Å². The molecule has 1 fully saturated rings. The lowest BCUT2D eigenvalue weighted by atomic mass is 10.1. The fourth-order valence-corrected chi connectivity index (χ4v) is 2.87. The van der Waals surface area contributed by atoms with Crippen molar-refractivity contribution in [3.05, 3.63) is 28.4 Å². The fraction of sp³-hybridized carbons (Fsp3) is 0.571. The molecular formula is C14H20N6O2. The molecule has 2 atom stereocenters. The number of anilines is 1. The molecule has 0 aromatic carbocycles. The molecule has 0 amide bonds. The van der Waals surface area contributed by atoms with E-state index in [9.17, 15) is 10.1 Å². The number of hydrogen-bond donors (Lipinski definition) is 1. The zero-order valence-corrected chi connectivity index (χ0v) is 12.9. The van der Waals surface area contributed by atoms with Gasteiger partial charge in [0.2, 0.25) is 5.65 Å². The minimum atomic E-state index is -0.477. The average Bonchev–Trinajstić information content (AvgIpc) is 3.03. The second-order valence-corrected chi connectivity index (χ2v) is 6.14. The molecule has 3 rings (SSSR count). The predicted molar refractivity (Wildman–Crippen MR) is 82.9 cm³/mol. The first-order valence-corrected chi connectivity index (χ1v) is 7.45. The van der Waals surface area contributed by atoms with Crippen LogP contribution < -0.4 is 5.32 Å². The predicted octanol–water partition coefficient (Wildman–Crippen LogP) is 1.78. The molecule has 8 nitrogen and oxygen atoms in total. The summed E-state index contributed by atoms with van der Waals surface area (Å²) >= 11 is 0. The van der Waals surface area contributed by atoms with Crippen molar-refractivity contribution in [2.75, 3.05) is 18.4 Å². The second-order valence-electron chi connectivity index (χ2n) is 6.14. The molecule has 1 aliphatic rings. The van der Waals surface area contributed by atoms with Crippen LogP contribution in [0.4, 0.5) is 11.6 Å². The van der Waals surface area contributed by atoms with Gasteiger partial charge in [0.05, 0.1) is 0 Å². The molecule has 3 heterocycles. The third-order valence-corrected chi connectivity index (χ3v) is 4.24. The average molecular weight is 304 g/mol. The highest BCUT2D eigenvalue weighted by Gasteiger charge is 2.31. The summed E-state index contributed by atoms with van der Waals surface area (Å²) in [6.07, 6.45) is 1.23. The quantitative estimate of drug-likeness (QED) is 0.684. The van der Waals surface area contributed by atoms with Crippen LogP contribution in [0.15, 0.2) is 18.3 Å². The molecule has 0 saturated carbocycles. The zero-order valence-electron chi connectivity index (χ0n) is 12.9. The van der Waals surface area contributed by atoms with Crippen LogP contribution in [-0.2, 0) is 0 Å². The van der Waals surface area contributed by atoms with Gasteiger partial charge in [0, 0.05) is 31.2 Å². The number of hydrogen-bond acceptors (Lipinski definition) is 6. The number of rotatable bonds is 4. The Morgan fingerprint density at radius 3 is 2.82 bits per heavy atom. The van der Waals surface area contributed by atoms with Gasteiger partial charge >= 0.3 is 5.82 Å². The second kappa shape index (κ2) is 5.53. The van der Waals surface area contributed by atoms with Crippen LogP contribution in [0.5, 0.6) is 0 Å². The first-order valence-electron chi connectivity index (χ1n) is 7.45. The largest absolute Gasteiger partial charge is 0.368 e. The highest BCUT2D eigenvalue weighted by molar-refractivity contribution is 5.48. The van der Waals surface area contributed by atoms with E-state index in [1.807, 2.05) is 6.07 Å². The van der Waals surface area contributed by atoms with Crippen LogP contribution in [0.3, 0.4) is 0 Å². The summed E-state index contributed by atoms with van der Waals surface area (Å²) in [4.78, 5) is 16.9. The SMILES string of the molecule is CC1CN(C(C)C)CC1Nc1ccc2ncc([N+](=O)[O-])n2n1. The lowest BCUT2D eigenvalue weighted by Gasteiger charge is -2.20. The van der Waals surface area contributed by atoms with Crippen LogP contribution in [0, 0.1) is 16.0 Å². The molecule has 8 heteroatoms. The number of imidazole rings is 1. The summed E-state index contributed by atoms with van der Waals surface area (Å²) in [6.45, 7) is 8.58. The summed E-state index contributed by atoms with van der Waals surface area (Å²) in [5, 5.41) is 18.7. The fourth-order valence-electron chi connectivity index (χ4n) is 2.87. The number of nitro groups is 1. The van der Waals surface area contributed by atoms with Crippen LogP contribution in [-0.4, -0.2) is 49.6 Å². The smallest absolute Gasteiger partial charge is 0.363 e. The maximum absolute atomic E-state index is 11.0. The summed E-state index contributed by atoms with van der Waals surface area (Å²) < 4.78 is 1.27. The van der Waals surface area contributed by atoms with Crippen LogP contribution in [0.1, 0.15) is 20.8 Å². The molecule has 2 unspecified atom stereocenters. The molecule has 1 N–H and O–H groups in total. The Morgan fingerprint density at radius 1 is 1.41 bits per heavy atom. The molecule has 2 aromatic heterocycles. The summed E-state index contributed by atoms with van der Waals surface area (Å²) in [7, 11) is 0. The molecule has 0 aliphatic carbocycles. The van der Waals surface area contributed by atoms with Crippen molar-refractivity contribution >= 4 is 17.3 Å². The molecule has 0 radical (unpaired) electrons. The number of nitrogens with one attached hydrogen (secondary N) is 1. The number of fused-ring (bicyclic) bond motifs is 1. The van der Waals surface area contributed by atoms with E-state index in [1.54, 1.807) is 6.07 Å². The highest BCUT2D eigenvalue weighted by Crippen LogP contribution is 2.22. The topological polar surface area (TPSA) is 88.6 Å². The standard InChI is InChI=1S/C14H20N6O2/c1-9(2)18-7-10(3)11(8-18)16-12-4-5-13-15-6-14(20(21)22)19(13)17-12/h4-6,9-11H,7-8H2,1-3H3,(H,16,17). The van der Waals surface area contributed by atoms with Gasteiger partial charge in [-0.05, 0) is 30.8 Å². The Balaban J connectivity index is 1.82. The summed E-state index contributed by atoms with van der Waals surface area (Å²) in [6, 6.07) is 4.35. The van der Waals surface area contributed by atoms with Crippen LogP contribution in [0.25, 0.3) is 5.65 Å². The van der Waals surface area contributed by atoms with E-state index in [0.29, 0.717) is 23.4 Å². The van der Waals surface area contributed by atoms with Gasteiger partial charge in [-0.3, -0.25) is 4.90 Å².